The second kappa shape index (κ2) is 5.87. The van der Waals surface area contributed by atoms with Crippen LogP contribution in [-0.4, -0.2) is 36.1 Å². The lowest BCUT2D eigenvalue weighted by atomic mass is 9.97. The number of hydrogen-bond acceptors (Lipinski definition) is 4. The molecule has 1 saturated heterocycles. The minimum atomic E-state index is 0.596. The van der Waals surface area contributed by atoms with E-state index >= 15 is 0 Å². The summed E-state index contributed by atoms with van der Waals surface area (Å²) in [6.45, 7) is 6.87. The Labute approximate surface area is 103 Å². The van der Waals surface area contributed by atoms with Crippen molar-refractivity contribution >= 4 is 11.5 Å². The third kappa shape index (κ3) is 3.33. The van der Waals surface area contributed by atoms with E-state index in [9.17, 15) is 0 Å². The first-order valence-corrected chi connectivity index (χ1v) is 6.46. The van der Waals surface area contributed by atoms with Crippen LogP contribution in [0.15, 0.2) is 18.3 Å². The van der Waals surface area contributed by atoms with E-state index in [1.54, 1.807) is 6.20 Å². The molecule has 1 aromatic heterocycles. The van der Waals surface area contributed by atoms with Gasteiger partial charge in [0.1, 0.15) is 5.82 Å². The van der Waals surface area contributed by atoms with Crippen molar-refractivity contribution in [3.8, 4) is 0 Å². The van der Waals surface area contributed by atoms with E-state index in [4.69, 9.17) is 5.73 Å². The third-order valence-corrected chi connectivity index (χ3v) is 3.57. The van der Waals surface area contributed by atoms with E-state index in [0.29, 0.717) is 5.82 Å². The molecule has 4 nitrogen and oxygen atoms in total. The fraction of sp³-hybridized carbons (Fsp3) is 0.615. The van der Waals surface area contributed by atoms with Gasteiger partial charge in [-0.25, -0.2) is 4.98 Å². The number of anilines is 2. The lowest BCUT2D eigenvalue weighted by Gasteiger charge is -2.31. The molecule has 4 heteroatoms. The van der Waals surface area contributed by atoms with Gasteiger partial charge >= 0.3 is 0 Å². The molecule has 0 saturated carbocycles. The molecule has 0 bridgehead atoms. The van der Waals surface area contributed by atoms with Crippen molar-refractivity contribution in [3.05, 3.63) is 18.3 Å². The number of nitrogens with two attached hydrogens (primary N) is 1. The summed E-state index contributed by atoms with van der Waals surface area (Å²) in [5.74, 6) is 1.36. The van der Waals surface area contributed by atoms with Crippen LogP contribution in [-0.2, 0) is 0 Å². The molecule has 94 valence electrons. The van der Waals surface area contributed by atoms with Crippen LogP contribution in [0.4, 0.5) is 11.5 Å². The summed E-state index contributed by atoms with van der Waals surface area (Å²) in [7, 11) is 0. The smallest absolute Gasteiger partial charge is 0.146 e. The second-order valence-electron chi connectivity index (χ2n) is 4.69. The summed E-state index contributed by atoms with van der Waals surface area (Å²) < 4.78 is 0. The molecule has 1 aliphatic heterocycles. The van der Waals surface area contributed by atoms with Crippen LogP contribution in [0.2, 0.25) is 0 Å². The third-order valence-electron chi connectivity index (χ3n) is 3.57. The van der Waals surface area contributed by atoms with Gasteiger partial charge < -0.3 is 16.0 Å². The Hall–Kier alpha value is -1.29. The molecule has 0 unspecified atom stereocenters. The number of nitrogens with zero attached hydrogens (tertiary/aromatic N) is 2. The molecular weight excluding hydrogens is 212 g/mol. The highest BCUT2D eigenvalue weighted by Gasteiger charge is 2.17. The summed E-state index contributed by atoms with van der Waals surface area (Å²) in [5, 5.41) is 3.41. The summed E-state index contributed by atoms with van der Waals surface area (Å²) >= 11 is 0. The molecule has 0 aromatic carbocycles. The second-order valence-corrected chi connectivity index (χ2v) is 4.69. The van der Waals surface area contributed by atoms with Gasteiger partial charge in [-0.05, 0) is 50.5 Å². The Bertz CT molecular complexity index is 345. The predicted molar refractivity (Wildman–Crippen MR) is 72.0 cm³/mol. The Balaban J connectivity index is 1.78. The van der Waals surface area contributed by atoms with Gasteiger partial charge in [0.2, 0.25) is 0 Å². The van der Waals surface area contributed by atoms with E-state index < -0.39 is 0 Å². The zero-order chi connectivity index (χ0) is 12.1. The van der Waals surface area contributed by atoms with Gasteiger partial charge in [0, 0.05) is 12.7 Å². The van der Waals surface area contributed by atoms with Gasteiger partial charge in [-0.1, -0.05) is 6.92 Å². The SMILES string of the molecule is CCN1CCC(CNc2cccnc2N)CC1. The van der Waals surface area contributed by atoms with Gasteiger partial charge in [-0.3, -0.25) is 0 Å². The number of pyridine rings is 1. The molecule has 0 spiro atoms. The van der Waals surface area contributed by atoms with Crippen LogP contribution in [0.3, 0.4) is 0 Å². The molecular formula is C13H22N4. The Morgan fingerprint density at radius 2 is 2.24 bits per heavy atom. The average Bonchev–Trinajstić information content (AvgIpc) is 2.38. The molecule has 2 rings (SSSR count). The van der Waals surface area contributed by atoms with Crippen LogP contribution in [0.5, 0.6) is 0 Å². The van der Waals surface area contributed by atoms with Gasteiger partial charge in [-0.2, -0.15) is 0 Å². The minimum absolute atomic E-state index is 0.596. The molecule has 0 radical (unpaired) electrons. The lowest BCUT2D eigenvalue weighted by molar-refractivity contribution is 0.198. The van der Waals surface area contributed by atoms with Crippen molar-refractivity contribution in [1.82, 2.24) is 9.88 Å². The van der Waals surface area contributed by atoms with E-state index in [-0.39, 0.29) is 0 Å². The van der Waals surface area contributed by atoms with Crippen molar-refractivity contribution in [3.63, 3.8) is 0 Å². The molecule has 0 atom stereocenters. The Kier molecular flexibility index (Phi) is 4.20. The van der Waals surface area contributed by atoms with Crippen LogP contribution in [0.25, 0.3) is 0 Å². The fourth-order valence-electron chi connectivity index (χ4n) is 2.33. The van der Waals surface area contributed by atoms with Crippen LogP contribution in [0, 0.1) is 5.92 Å². The zero-order valence-corrected chi connectivity index (χ0v) is 10.5. The summed E-state index contributed by atoms with van der Waals surface area (Å²) in [6.07, 6.45) is 4.28. The van der Waals surface area contributed by atoms with Crippen LogP contribution in [0.1, 0.15) is 19.8 Å². The number of aromatic nitrogens is 1. The van der Waals surface area contributed by atoms with E-state index in [0.717, 1.165) is 18.2 Å². The van der Waals surface area contributed by atoms with Gasteiger partial charge in [0.15, 0.2) is 0 Å². The lowest BCUT2D eigenvalue weighted by Crippen LogP contribution is -2.35. The maximum Gasteiger partial charge on any atom is 0.146 e. The van der Waals surface area contributed by atoms with Gasteiger partial charge in [-0.15, -0.1) is 0 Å². The number of hydrogen-bond donors (Lipinski definition) is 2. The molecule has 1 aliphatic rings. The van der Waals surface area contributed by atoms with Crippen molar-refractivity contribution in [2.75, 3.05) is 37.2 Å². The number of likely N-dealkylation sites (tertiary alicyclic amines) is 1. The molecule has 17 heavy (non-hydrogen) atoms. The fourth-order valence-corrected chi connectivity index (χ4v) is 2.33. The largest absolute Gasteiger partial charge is 0.382 e. The summed E-state index contributed by atoms with van der Waals surface area (Å²) in [5.41, 5.74) is 6.76. The van der Waals surface area contributed by atoms with Gasteiger partial charge in [0.25, 0.3) is 0 Å². The quantitative estimate of drug-likeness (QED) is 0.834. The Morgan fingerprint density at radius 1 is 1.47 bits per heavy atom. The van der Waals surface area contributed by atoms with Crippen molar-refractivity contribution in [2.24, 2.45) is 5.92 Å². The maximum atomic E-state index is 5.80. The first-order valence-electron chi connectivity index (χ1n) is 6.46. The molecule has 1 aromatic rings. The number of nitrogen functional groups attached to an aromatic ring is 1. The van der Waals surface area contributed by atoms with Crippen molar-refractivity contribution in [2.45, 2.75) is 19.8 Å². The van der Waals surface area contributed by atoms with Crippen molar-refractivity contribution in [1.29, 1.82) is 0 Å². The van der Waals surface area contributed by atoms with Crippen molar-refractivity contribution < 1.29 is 0 Å². The number of nitrogens with one attached hydrogen (secondary N) is 1. The molecule has 2 heterocycles. The highest BCUT2D eigenvalue weighted by molar-refractivity contribution is 5.60. The standard InChI is InChI=1S/C13H22N4/c1-2-17-8-5-11(6-9-17)10-16-12-4-3-7-15-13(12)14/h3-4,7,11,16H,2,5-6,8-10H2,1H3,(H2,14,15). The van der Waals surface area contributed by atoms with E-state index in [2.05, 4.69) is 22.1 Å². The predicted octanol–water partition coefficient (Wildman–Crippen LogP) is 1.81. The molecule has 1 fully saturated rings. The number of rotatable bonds is 4. The van der Waals surface area contributed by atoms with E-state index in [1.165, 1.54) is 32.5 Å². The van der Waals surface area contributed by atoms with Crippen LogP contribution < -0.4 is 11.1 Å². The topological polar surface area (TPSA) is 54.2 Å². The number of piperidine rings is 1. The highest BCUT2D eigenvalue weighted by Crippen LogP contribution is 2.19. The maximum absolute atomic E-state index is 5.80. The molecule has 0 amide bonds. The minimum Gasteiger partial charge on any atom is -0.382 e. The summed E-state index contributed by atoms with van der Waals surface area (Å²) in [4.78, 5) is 6.58. The first kappa shape index (κ1) is 12.2. The monoisotopic (exact) mass is 234 g/mol. The Morgan fingerprint density at radius 3 is 2.88 bits per heavy atom. The first-order chi connectivity index (χ1) is 8.29. The summed E-state index contributed by atoms with van der Waals surface area (Å²) in [6, 6.07) is 3.90. The van der Waals surface area contributed by atoms with E-state index in [1.807, 2.05) is 12.1 Å². The average molecular weight is 234 g/mol. The normalized spacial score (nSPS) is 18.2. The zero-order valence-electron chi connectivity index (χ0n) is 10.5. The van der Waals surface area contributed by atoms with Crippen LogP contribution >= 0.6 is 0 Å². The molecule has 0 aliphatic carbocycles. The van der Waals surface area contributed by atoms with Gasteiger partial charge in [0.05, 0.1) is 5.69 Å². The highest BCUT2D eigenvalue weighted by atomic mass is 15.1. The molecule has 3 N–H and O–H groups in total.